The molecule has 92 valence electrons. The van der Waals surface area contributed by atoms with Crippen LogP contribution in [0.15, 0.2) is 29.1 Å². The molecule has 0 atom stereocenters. The predicted molar refractivity (Wildman–Crippen MR) is 68.1 cm³/mol. The zero-order valence-electron chi connectivity index (χ0n) is 10.2. The highest BCUT2D eigenvalue weighted by Crippen LogP contribution is 2.27. The summed E-state index contributed by atoms with van der Waals surface area (Å²) in [6, 6.07) is 7.43. The van der Waals surface area contributed by atoms with Gasteiger partial charge >= 0.3 is 0 Å². The second-order valence-corrected chi connectivity index (χ2v) is 4.56. The number of nitrogens with one attached hydrogen (secondary N) is 1. The highest BCUT2D eigenvalue weighted by molar-refractivity contribution is 5.39. The van der Waals surface area contributed by atoms with E-state index in [1.807, 2.05) is 12.1 Å². The van der Waals surface area contributed by atoms with Gasteiger partial charge in [0.05, 0.1) is 6.07 Å². The normalized spacial score (nSPS) is 13.4. The molecule has 1 heterocycles. The van der Waals surface area contributed by atoms with E-state index in [-0.39, 0.29) is 5.56 Å². The molecule has 0 unspecified atom stereocenters. The van der Waals surface area contributed by atoms with Crippen LogP contribution in [0.1, 0.15) is 23.4 Å². The minimum absolute atomic E-state index is 0.196. The molecular formula is C14H14N2O2. The predicted octanol–water partition coefficient (Wildman–Crippen LogP) is 2.36. The molecular weight excluding hydrogens is 228 g/mol. The maximum absolute atomic E-state index is 11.3. The Labute approximate surface area is 105 Å². The van der Waals surface area contributed by atoms with Crippen LogP contribution in [0.5, 0.6) is 11.6 Å². The molecule has 3 rings (SSSR count). The number of aromatic nitrogens is 2. The van der Waals surface area contributed by atoms with Gasteiger partial charge in [-0.25, -0.2) is 4.98 Å². The molecule has 0 aliphatic heterocycles. The Morgan fingerprint density at radius 1 is 1.22 bits per heavy atom. The van der Waals surface area contributed by atoms with Crippen LogP contribution in [-0.4, -0.2) is 9.97 Å². The summed E-state index contributed by atoms with van der Waals surface area (Å²) in [4.78, 5) is 18.0. The third kappa shape index (κ3) is 2.14. The van der Waals surface area contributed by atoms with E-state index >= 15 is 0 Å². The smallest absolute Gasteiger partial charge is 0.254 e. The molecule has 1 aromatic carbocycles. The Bertz CT molecular complexity index is 646. The first-order chi connectivity index (χ1) is 8.70. The van der Waals surface area contributed by atoms with Crippen molar-refractivity contribution < 1.29 is 4.74 Å². The van der Waals surface area contributed by atoms with E-state index in [1.54, 1.807) is 6.92 Å². The standard InChI is InChI=1S/C14H14N2O2/c1-9-15-13(17)8-14(16-9)18-12-6-5-10-3-2-4-11(10)7-12/h5-8H,2-4H2,1H3,(H,15,16,17). The molecule has 0 spiro atoms. The molecule has 18 heavy (non-hydrogen) atoms. The van der Waals surface area contributed by atoms with Crippen LogP contribution in [0.25, 0.3) is 0 Å². The van der Waals surface area contributed by atoms with Gasteiger partial charge in [-0.3, -0.25) is 4.79 Å². The molecule has 1 aliphatic carbocycles. The highest BCUT2D eigenvalue weighted by atomic mass is 16.5. The van der Waals surface area contributed by atoms with Crippen molar-refractivity contribution in [3.8, 4) is 11.6 Å². The quantitative estimate of drug-likeness (QED) is 0.879. The molecule has 1 N–H and O–H groups in total. The van der Waals surface area contributed by atoms with Crippen LogP contribution < -0.4 is 10.3 Å². The van der Waals surface area contributed by atoms with Gasteiger partial charge in [-0.05, 0) is 49.4 Å². The maximum atomic E-state index is 11.3. The van der Waals surface area contributed by atoms with Crippen molar-refractivity contribution in [1.82, 2.24) is 9.97 Å². The molecule has 0 saturated heterocycles. The van der Waals surface area contributed by atoms with Crippen LogP contribution in [0.2, 0.25) is 0 Å². The number of benzene rings is 1. The first kappa shape index (κ1) is 11.0. The van der Waals surface area contributed by atoms with E-state index in [1.165, 1.54) is 23.6 Å². The Balaban J connectivity index is 1.90. The van der Waals surface area contributed by atoms with Crippen molar-refractivity contribution in [1.29, 1.82) is 0 Å². The van der Waals surface area contributed by atoms with E-state index < -0.39 is 0 Å². The lowest BCUT2D eigenvalue weighted by Crippen LogP contribution is -2.08. The fourth-order valence-electron chi connectivity index (χ4n) is 2.34. The van der Waals surface area contributed by atoms with Gasteiger partial charge in [-0.2, -0.15) is 0 Å². The molecule has 0 fully saturated rings. The summed E-state index contributed by atoms with van der Waals surface area (Å²) in [7, 11) is 0. The number of hydrogen-bond donors (Lipinski definition) is 1. The van der Waals surface area contributed by atoms with Crippen molar-refractivity contribution in [2.75, 3.05) is 0 Å². The van der Waals surface area contributed by atoms with Gasteiger partial charge < -0.3 is 9.72 Å². The summed E-state index contributed by atoms with van der Waals surface area (Å²) in [5.74, 6) is 1.64. The van der Waals surface area contributed by atoms with Crippen molar-refractivity contribution in [3.63, 3.8) is 0 Å². The number of ether oxygens (including phenoxy) is 1. The fraction of sp³-hybridized carbons (Fsp3) is 0.286. The lowest BCUT2D eigenvalue weighted by atomic mass is 10.1. The Morgan fingerprint density at radius 2 is 2.06 bits per heavy atom. The Morgan fingerprint density at radius 3 is 2.89 bits per heavy atom. The molecule has 0 radical (unpaired) electrons. The number of fused-ring (bicyclic) bond motifs is 1. The summed E-state index contributed by atoms with van der Waals surface area (Å²) in [6.07, 6.45) is 3.47. The van der Waals surface area contributed by atoms with Crippen molar-refractivity contribution >= 4 is 0 Å². The SMILES string of the molecule is Cc1nc(Oc2ccc3c(c2)CCC3)cc(=O)[nH]1. The Hall–Kier alpha value is -2.10. The number of rotatable bonds is 2. The maximum Gasteiger partial charge on any atom is 0.254 e. The first-order valence-electron chi connectivity index (χ1n) is 6.08. The Kier molecular flexibility index (Phi) is 2.63. The van der Waals surface area contributed by atoms with Crippen molar-refractivity contribution in [2.24, 2.45) is 0 Å². The summed E-state index contributed by atoms with van der Waals surface area (Å²) in [5, 5.41) is 0. The van der Waals surface area contributed by atoms with E-state index in [0.29, 0.717) is 11.7 Å². The third-order valence-electron chi connectivity index (χ3n) is 3.13. The second kappa shape index (κ2) is 4.29. The molecule has 4 heteroatoms. The van der Waals surface area contributed by atoms with E-state index in [9.17, 15) is 4.79 Å². The molecule has 0 saturated carbocycles. The van der Waals surface area contributed by atoms with E-state index in [2.05, 4.69) is 16.0 Å². The van der Waals surface area contributed by atoms with Crippen LogP contribution in [-0.2, 0) is 12.8 Å². The van der Waals surface area contributed by atoms with E-state index in [4.69, 9.17) is 4.74 Å². The average molecular weight is 242 g/mol. The van der Waals surface area contributed by atoms with Gasteiger partial charge in [0.25, 0.3) is 5.56 Å². The second-order valence-electron chi connectivity index (χ2n) is 4.56. The van der Waals surface area contributed by atoms with Gasteiger partial charge in [-0.1, -0.05) is 6.07 Å². The summed E-state index contributed by atoms with van der Waals surface area (Å²) >= 11 is 0. The molecule has 0 bridgehead atoms. The number of H-pyrrole nitrogens is 1. The van der Waals surface area contributed by atoms with Gasteiger partial charge in [0.2, 0.25) is 5.88 Å². The minimum atomic E-state index is -0.196. The van der Waals surface area contributed by atoms with Crippen LogP contribution in [0.3, 0.4) is 0 Å². The topological polar surface area (TPSA) is 55.0 Å². The summed E-state index contributed by atoms with van der Waals surface area (Å²) in [5.41, 5.74) is 2.55. The average Bonchev–Trinajstić information content (AvgIpc) is 2.74. The monoisotopic (exact) mass is 242 g/mol. The van der Waals surface area contributed by atoms with Crippen molar-refractivity contribution in [3.05, 3.63) is 51.6 Å². The minimum Gasteiger partial charge on any atom is -0.439 e. The van der Waals surface area contributed by atoms with E-state index in [0.717, 1.165) is 18.6 Å². The summed E-state index contributed by atoms with van der Waals surface area (Å²) in [6.45, 7) is 1.73. The van der Waals surface area contributed by atoms with Crippen LogP contribution >= 0.6 is 0 Å². The zero-order valence-corrected chi connectivity index (χ0v) is 10.2. The van der Waals surface area contributed by atoms with Gasteiger partial charge in [-0.15, -0.1) is 0 Å². The number of aryl methyl sites for hydroxylation is 3. The molecule has 4 nitrogen and oxygen atoms in total. The van der Waals surface area contributed by atoms with Gasteiger partial charge in [0, 0.05) is 0 Å². The molecule has 2 aromatic rings. The fourth-order valence-corrected chi connectivity index (χ4v) is 2.34. The number of hydrogen-bond acceptors (Lipinski definition) is 3. The van der Waals surface area contributed by atoms with Crippen LogP contribution in [0, 0.1) is 6.92 Å². The zero-order chi connectivity index (χ0) is 12.5. The molecule has 0 amide bonds. The summed E-state index contributed by atoms with van der Waals surface area (Å²) < 4.78 is 5.63. The lowest BCUT2D eigenvalue weighted by Gasteiger charge is -2.07. The number of aromatic amines is 1. The lowest BCUT2D eigenvalue weighted by molar-refractivity contribution is 0.458. The van der Waals surface area contributed by atoms with Gasteiger partial charge in [0.15, 0.2) is 0 Å². The number of nitrogens with zero attached hydrogens (tertiary/aromatic N) is 1. The van der Waals surface area contributed by atoms with Gasteiger partial charge in [0.1, 0.15) is 11.6 Å². The van der Waals surface area contributed by atoms with Crippen LogP contribution in [0.4, 0.5) is 0 Å². The largest absolute Gasteiger partial charge is 0.439 e. The molecule has 1 aromatic heterocycles. The van der Waals surface area contributed by atoms with Crippen molar-refractivity contribution in [2.45, 2.75) is 26.2 Å². The first-order valence-corrected chi connectivity index (χ1v) is 6.08. The molecule has 1 aliphatic rings. The highest BCUT2D eigenvalue weighted by Gasteiger charge is 2.11. The third-order valence-corrected chi connectivity index (χ3v) is 3.13.